The predicted octanol–water partition coefficient (Wildman–Crippen LogP) is 3.16. The Morgan fingerprint density at radius 2 is 2.00 bits per heavy atom. The van der Waals surface area contributed by atoms with Crippen molar-refractivity contribution in [3.05, 3.63) is 12.4 Å². The van der Waals surface area contributed by atoms with Gasteiger partial charge in [0.2, 0.25) is 0 Å². The molecule has 0 N–H and O–H groups in total. The molecule has 2 nitrogen and oxygen atoms in total. The number of quaternary nitrogens is 1. The van der Waals surface area contributed by atoms with Crippen LogP contribution >= 0.6 is 0 Å². The first kappa shape index (κ1) is 11.4. The summed E-state index contributed by atoms with van der Waals surface area (Å²) in [7, 11) is 2.20. The molecule has 0 saturated carbocycles. The Morgan fingerprint density at radius 3 is 2.57 bits per heavy atom. The average Bonchev–Trinajstić information content (AvgIpc) is 2.51. The van der Waals surface area contributed by atoms with E-state index in [4.69, 9.17) is 0 Å². The summed E-state index contributed by atoms with van der Waals surface area (Å²) in [5.41, 5.74) is 0. The Morgan fingerprint density at radius 1 is 1.21 bits per heavy atom. The van der Waals surface area contributed by atoms with Gasteiger partial charge in [-0.2, -0.15) is 0 Å². The second-order valence-electron chi connectivity index (χ2n) is 4.88. The molecule has 0 bridgehead atoms. The van der Waals surface area contributed by atoms with Crippen LogP contribution in [0.3, 0.4) is 0 Å². The van der Waals surface area contributed by atoms with Gasteiger partial charge in [-0.1, -0.05) is 26.7 Å². The van der Waals surface area contributed by atoms with E-state index >= 15 is 0 Å². The summed E-state index contributed by atoms with van der Waals surface area (Å²) in [6.45, 7) is 5.78. The topological polar surface area (TPSA) is 12.4 Å². The van der Waals surface area contributed by atoms with E-state index in [-0.39, 0.29) is 0 Å². The molecule has 0 aromatic carbocycles. The van der Waals surface area contributed by atoms with E-state index in [1.807, 2.05) is 12.5 Å². The van der Waals surface area contributed by atoms with Crippen molar-refractivity contribution in [2.24, 2.45) is 10.9 Å². The molecule has 0 aliphatic carbocycles. The number of unbranched alkanes of at least 4 members (excludes halogenated alkanes) is 2. The van der Waals surface area contributed by atoms with Gasteiger partial charge in [0.1, 0.15) is 6.20 Å². The molecule has 0 aromatic heterocycles. The monoisotopic (exact) mass is 195 g/mol. The highest BCUT2D eigenvalue weighted by Gasteiger charge is 2.18. The minimum Gasteiger partial charge on any atom is -0.256 e. The van der Waals surface area contributed by atoms with Gasteiger partial charge in [0, 0.05) is 0 Å². The molecular weight excluding hydrogens is 172 g/mol. The third-order valence-electron chi connectivity index (χ3n) is 2.75. The van der Waals surface area contributed by atoms with Gasteiger partial charge in [-0.15, -0.1) is 0 Å². The lowest BCUT2D eigenvalue weighted by Gasteiger charge is -2.21. The van der Waals surface area contributed by atoms with Crippen LogP contribution in [0.4, 0.5) is 0 Å². The molecule has 1 aliphatic rings. The zero-order valence-corrected chi connectivity index (χ0v) is 9.74. The van der Waals surface area contributed by atoms with E-state index in [0.717, 1.165) is 10.4 Å². The summed E-state index contributed by atoms with van der Waals surface area (Å²) in [6, 6.07) is 0. The smallest absolute Gasteiger partial charge is 0.194 e. The van der Waals surface area contributed by atoms with Crippen LogP contribution in [0.1, 0.15) is 39.5 Å². The molecule has 1 atom stereocenters. The maximum atomic E-state index is 4.13. The van der Waals surface area contributed by atoms with Crippen molar-refractivity contribution >= 4 is 6.34 Å². The summed E-state index contributed by atoms with van der Waals surface area (Å²) in [6.07, 6.45) is 11.5. The maximum absolute atomic E-state index is 4.13. The van der Waals surface area contributed by atoms with Crippen molar-refractivity contribution in [1.82, 2.24) is 0 Å². The van der Waals surface area contributed by atoms with Crippen LogP contribution in [-0.2, 0) is 0 Å². The van der Waals surface area contributed by atoms with E-state index in [1.54, 1.807) is 0 Å². The fourth-order valence-corrected chi connectivity index (χ4v) is 1.73. The van der Waals surface area contributed by atoms with Gasteiger partial charge in [0.25, 0.3) is 0 Å². The van der Waals surface area contributed by atoms with Gasteiger partial charge in [0.15, 0.2) is 6.34 Å². The van der Waals surface area contributed by atoms with Crippen molar-refractivity contribution in [3.63, 3.8) is 0 Å². The van der Waals surface area contributed by atoms with Gasteiger partial charge in [-0.25, -0.2) is 4.99 Å². The Bertz CT molecular complexity index is 204. The summed E-state index contributed by atoms with van der Waals surface area (Å²) < 4.78 is 0.891. The van der Waals surface area contributed by atoms with Crippen LogP contribution in [0, 0.1) is 5.92 Å². The van der Waals surface area contributed by atoms with E-state index in [1.165, 1.54) is 32.2 Å². The number of rotatable bonds is 6. The standard InChI is InChI=1S/C12H23N2/c1-12(2)7-5-4-6-9-14(3)10-8-13-11-14/h8,10-12H,4-7,9H2,1-3H3/q+1. The summed E-state index contributed by atoms with van der Waals surface area (Å²) in [5.74, 6) is 0.855. The summed E-state index contributed by atoms with van der Waals surface area (Å²) in [4.78, 5) is 4.13. The van der Waals surface area contributed by atoms with Crippen LogP contribution in [-0.4, -0.2) is 24.4 Å². The van der Waals surface area contributed by atoms with Crippen LogP contribution in [0.2, 0.25) is 0 Å². The van der Waals surface area contributed by atoms with Gasteiger partial charge in [0.05, 0.1) is 19.8 Å². The first-order chi connectivity index (χ1) is 6.62. The molecule has 1 unspecified atom stereocenters. The zero-order valence-electron chi connectivity index (χ0n) is 9.74. The maximum Gasteiger partial charge on any atom is 0.194 e. The Labute approximate surface area is 87.9 Å². The first-order valence-corrected chi connectivity index (χ1v) is 5.69. The normalized spacial score (nSPS) is 25.1. The van der Waals surface area contributed by atoms with Gasteiger partial charge < -0.3 is 0 Å². The second-order valence-corrected chi connectivity index (χ2v) is 4.88. The van der Waals surface area contributed by atoms with Crippen molar-refractivity contribution in [3.8, 4) is 0 Å². The number of hydrogen-bond acceptors (Lipinski definition) is 1. The number of hydrogen-bond donors (Lipinski definition) is 0. The van der Waals surface area contributed by atoms with Gasteiger partial charge >= 0.3 is 0 Å². The highest BCUT2D eigenvalue weighted by Crippen LogP contribution is 2.12. The third kappa shape index (κ3) is 4.05. The van der Waals surface area contributed by atoms with Gasteiger partial charge in [-0.05, 0) is 18.8 Å². The van der Waals surface area contributed by atoms with Crippen LogP contribution in [0.25, 0.3) is 0 Å². The molecule has 1 rings (SSSR count). The van der Waals surface area contributed by atoms with Crippen molar-refractivity contribution < 1.29 is 4.48 Å². The highest BCUT2D eigenvalue weighted by atomic mass is 15.3. The molecule has 1 heterocycles. The molecule has 2 heteroatoms. The molecule has 0 fully saturated rings. The fraction of sp³-hybridized carbons (Fsp3) is 0.750. The predicted molar refractivity (Wildman–Crippen MR) is 62.0 cm³/mol. The Balaban J connectivity index is 2.04. The molecular formula is C12H23N2+. The SMILES string of the molecule is CC(C)CCCCC[N+]1(C)C=CN=C1. The quantitative estimate of drug-likeness (QED) is 0.456. The molecule has 14 heavy (non-hydrogen) atoms. The molecule has 0 aromatic rings. The average molecular weight is 195 g/mol. The summed E-state index contributed by atoms with van der Waals surface area (Å²) in [5, 5.41) is 0. The van der Waals surface area contributed by atoms with Crippen molar-refractivity contribution in [2.45, 2.75) is 39.5 Å². The van der Waals surface area contributed by atoms with Crippen LogP contribution in [0.5, 0.6) is 0 Å². The lowest BCUT2D eigenvalue weighted by molar-refractivity contribution is -0.756. The zero-order chi connectivity index (χ0) is 10.4. The molecule has 0 amide bonds. The molecule has 0 radical (unpaired) electrons. The molecule has 0 saturated heterocycles. The van der Waals surface area contributed by atoms with E-state index < -0.39 is 0 Å². The molecule has 1 aliphatic heterocycles. The minimum atomic E-state index is 0.855. The second kappa shape index (κ2) is 5.30. The fourth-order valence-electron chi connectivity index (χ4n) is 1.73. The van der Waals surface area contributed by atoms with E-state index in [0.29, 0.717) is 0 Å². The largest absolute Gasteiger partial charge is 0.256 e. The Hall–Kier alpha value is -0.630. The van der Waals surface area contributed by atoms with E-state index in [9.17, 15) is 0 Å². The van der Waals surface area contributed by atoms with Crippen molar-refractivity contribution in [2.75, 3.05) is 13.6 Å². The molecule has 0 spiro atoms. The van der Waals surface area contributed by atoms with Gasteiger partial charge in [-0.3, -0.25) is 4.48 Å². The van der Waals surface area contributed by atoms with Crippen LogP contribution in [0.15, 0.2) is 17.4 Å². The lowest BCUT2D eigenvalue weighted by atomic mass is 10.1. The molecule has 80 valence electrons. The first-order valence-electron chi connectivity index (χ1n) is 5.69. The number of aliphatic imine (C=N–C) groups is 1. The number of nitrogens with zero attached hydrogens (tertiary/aromatic N) is 2. The Kier molecular flexibility index (Phi) is 4.33. The third-order valence-corrected chi connectivity index (χ3v) is 2.75. The van der Waals surface area contributed by atoms with E-state index in [2.05, 4.69) is 32.1 Å². The minimum absolute atomic E-state index is 0.855. The van der Waals surface area contributed by atoms with Crippen molar-refractivity contribution in [1.29, 1.82) is 0 Å². The van der Waals surface area contributed by atoms with Crippen LogP contribution < -0.4 is 0 Å². The lowest BCUT2D eigenvalue weighted by Crippen LogP contribution is -2.35. The summed E-state index contributed by atoms with van der Waals surface area (Å²) >= 11 is 0. The highest BCUT2D eigenvalue weighted by molar-refractivity contribution is 5.50.